The summed E-state index contributed by atoms with van der Waals surface area (Å²) in [7, 11) is 0. The Balaban J connectivity index is 2.02. The molecule has 4 heteroatoms. The monoisotopic (exact) mass is 303 g/mol. The smallest absolute Gasteiger partial charge is 0.220 e. The predicted molar refractivity (Wildman–Crippen MR) is 84.1 cm³/mol. The topological polar surface area (TPSA) is 60.8 Å². The van der Waals surface area contributed by atoms with E-state index in [1.54, 1.807) is 6.92 Å². The third-order valence-electron chi connectivity index (χ3n) is 5.63. The van der Waals surface area contributed by atoms with Crippen LogP contribution in [0.1, 0.15) is 51.1 Å². The Labute approximate surface area is 131 Å². The number of rotatable bonds is 1. The van der Waals surface area contributed by atoms with Crippen LogP contribution in [0.2, 0.25) is 0 Å². The molecule has 22 heavy (non-hydrogen) atoms. The minimum Gasteiger partial charge on any atom is -0.390 e. The van der Waals surface area contributed by atoms with Crippen molar-refractivity contribution >= 4 is 5.91 Å². The molecule has 0 spiro atoms. The second-order valence-electron chi connectivity index (χ2n) is 7.02. The molecule has 1 aliphatic carbocycles. The quantitative estimate of drug-likeness (QED) is 0.836. The van der Waals surface area contributed by atoms with Crippen molar-refractivity contribution in [2.75, 3.05) is 0 Å². The molecule has 2 aliphatic rings. The van der Waals surface area contributed by atoms with Crippen LogP contribution in [-0.2, 0) is 4.79 Å². The molecule has 5 atom stereocenters. The van der Waals surface area contributed by atoms with Gasteiger partial charge in [0.2, 0.25) is 5.91 Å². The minimum absolute atomic E-state index is 0.0117. The Morgan fingerprint density at radius 1 is 1.23 bits per heavy atom. The highest BCUT2D eigenvalue weighted by Gasteiger charge is 2.56. The lowest BCUT2D eigenvalue weighted by atomic mass is 9.74. The van der Waals surface area contributed by atoms with E-state index in [-0.39, 0.29) is 18.0 Å². The zero-order valence-electron chi connectivity index (χ0n) is 13.3. The third kappa shape index (κ3) is 2.34. The van der Waals surface area contributed by atoms with Crippen LogP contribution in [0, 0.1) is 5.41 Å². The number of carbonyl (C=O) groups is 1. The summed E-state index contributed by atoms with van der Waals surface area (Å²) in [5.41, 5.74) is 0.649. The summed E-state index contributed by atoms with van der Waals surface area (Å²) in [6.07, 6.45) is 1.50. The molecule has 0 aromatic heterocycles. The Kier molecular flexibility index (Phi) is 4.00. The number of aliphatic hydroxyl groups is 2. The molecule has 2 N–H and O–H groups in total. The minimum atomic E-state index is -0.782. The fraction of sp³-hybridized carbons (Fsp3) is 0.611. The highest BCUT2D eigenvalue weighted by Crippen LogP contribution is 2.53. The van der Waals surface area contributed by atoms with Gasteiger partial charge in [0, 0.05) is 18.4 Å². The van der Waals surface area contributed by atoms with Crippen molar-refractivity contribution < 1.29 is 15.0 Å². The molecule has 2 fully saturated rings. The van der Waals surface area contributed by atoms with Gasteiger partial charge in [0.05, 0.1) is 18.2 Å². The molecule has 0 radical (unpaired) electrons. The molecule has 1 heterocycles. The molecule has 0 bridgehead atoms. The number of aliphatic hydroxyl groups excluding tert-OH is 2. The Morgan fingerprint density at radius 2 is 1.91 bits per heavy atom. The maximum Gasteiger partial charge on any atom is 0.220 e. The van der Waals surface area contributed by atoms with Crippen molar-refractivity contribution in [1.29, 1.82) is 0 Å². The van der Waals surface area contributed by atoms with Gasteiger partial charge in [-0.2, -0.15) is 0 Å². The largest absolute Gasteiger partial charge is 0.390 e. The van der Waals surface area contributed by atoms with Crippen LogP contribution in [-0.4, -0.2) is 39.3 Å². The van der Waals surface area contributed by atoms with E-state index in [1.165, 1.54) is 0 Å². The normalized spacial score (nSPS) is 38.5. The van der Waals surface area contributed by atoms with Gasteiger partial charge < -0.3 is 15.1 Å². The average Bonchev–Trinajstić information content (AvgIpc) is 2.76. The standard InChI is InChI=1S/C18H25NO3/c1-12(20)19-14(13-7-4-3-5-8-13)11-18(2)16(19)10-6-9-15(21)17(18)22/h3-5,7-8,14-17,21-22H,6,9-11H2,1-2H3/t14-,15+,16-,17+,18-/m1/s1. The second-order valence-corrected chi connectivity index (χ2v) is 7.02. The highest BCUT2D eigenvalue weighted by molar-refractivity contribution is 5.75. The molecule has 1 aromatic rings. The number of hydrogen-bond donors (Lipinski definition) is 2. The lowest BCUT2D eigenvalue weighted by molar-refractivity contribution is -0.134. The lowest BCUT2D eigenvalue weighted by Crippen LogP contribution is -2.48. The molecule has 1 saturated heterocycles. The van der Waals surface area contributed by atoms with Crippen molar-refractivity contribution in [3.63, 3.8) is 0 Å². The van der Waals surface area contributed by atoms with Crippen LogP contribution in [0.4, 0.5) is 0 Å². The molecule has 4 nitrogen and oxygen atoms in total. The van der Waals surface area contributed by atoms with Gasteiger partial charge in [-0.05, 0) is 31.2 Å². The van der Waals surface area contributed by atoms with Crippen LogP contribution >= 0.6 is 0 Å². The first-order valence-corrected chi connectivity index (χ1v) is 8.15. The predicted octanol–water partition coefficient (Wildman–Crippen LogP) is 2.26. The van der Waals surface area contributed by atoms with Gasteiger partial charge >= 0.3 is 0 Å². The summed E-state index contributed by atoms with van der Waals surface area (Å²) in [6, 6.07) is 9.98. The van der Waals surface area contributed by atoms with E-state index in [1.807, 2.05) is 42.2 Å². The van der Waals surface area contributed by atoms with Crippen LogP contribution in [0.3, 0.4) is 0 Å². The van der Waals surface area contributed by atoms with Gasteiger partial charge in [0.15, 0.2) is 0 Å². The molecular weight excluding hydrogens is 278 g/mol. The fourth-order valence-corrected chi connectivity index (χ4v) is 4.48. The van der Waals surface area contributed by atoms with Crippen molar-refractivity contribution in [3.8, 4) is 0 Å². The van der Waals surface area contributed by atoms with E-state index in [0.717, 1.165) is 18.4 Å². The van der Waals surface area contributed by atoms with Gasteiger partial charge in [0.25, 0.3) is 0 Å². The molecule has 0 unspecified atom stereocenters. The van der Waals surface area contributed by atoms with E-state index in [4.69, 9.17) is 0 Å². The van der Waals surface area contributed by atoms with Crippen LogP contribution in [0.25, 0.3) is 0 Å². The molecule has 120 valence electrons. The van der Waals surface area contributed by atoms with Gasteiger partial charge in [-0.3, -0.25) is 4.79 Å². The number of fused-ring (bicyclic) bond motifs is 1. The van der Waals surface area contributed by atoms with Gasteiger partial charge in [-0.15, -0.1) is 0 Å². The summed E-state index contributed by atoms with van der Waals surface area (Å²) in [5.74, 6) is 0.0474. The van der Waals surface area contributed by atoms with E-state index < -0.39 is 17.6 Å². The third-order valence-corrected chi connectivity index (χ3v) is 5.63. The summed E-state index contributed by atoms with van der Waals surface area (Å²) in [6.45, 7) is 3.63. The molecular formula is C18H25NO3. The second kappa shape index (κ2) is 5.67. The number of benzene rings is 1. The van der Waals surface area contributed by atoms with Gasteiger partial charge in [0.1, 0.15) is 0 Å². The van der Waals surface area contributed by atoms with E-state index in [9.17, 15) is 15.0 Å². The SMILES string of the molecule is CC(=O)N1[C@@H](c2ccccc2)C[C@@]2(C)[C@@H](O)[C@@H](O)CCC[C@@H]12. The number of nitrogens with zero attached hydrogens (tertiary/aromatic N) is 1. The van der Waals surface area contributed by atoms with E-state index >= 15 is 0 Å². The first-order chi connectivity index (χ1) is 10.4. The lowest BCUT2D eigenvalue weighted by Gasteiger charge is -2.38. The van der Waals surface area contributed by atoms with Crippen LogP contribution in [0.15, 0.2) is 30.3 Å². The van der Waals surface area contributed by atoms with Gasteiger partial charge in [-0.25, -0.2) is 0 Å². The molecule has 3 rings (SSSR count). The molecule has 1 aliphatic heterocycles. The summed E-state index contributed by atoms with van der Waals surface area (Å²) < 4.78 is 0. The highest BCUT2D eigenvalue weighted by atomic mass is 16.3. The number of likely N-dealkylation sites (tertiary alicyclic amines) is 1. The summed E-state index contributed by atoms with van der Waals surface area (Å²) in [4.78, 5) is 14.3. The molecule has 1 aromatic carbocycles. The van der Waals surface area contributed by atoms with Crippen molar-refractivity contribution in [2.24, 2.45) is 5.41 Å². The van der Waals surface area contributed by atoms with Crippen molar-refractivity contribution in [3.05, 3.63) is 35.9 Å². The number of carbonyl (C=O) groups excluding carboxylic acids is 1. The first-order valence-electron chi connectivity index (χ1n) is 8.15. The molecule has 1 amide bonds. The van der Waals surface area contributed by atoms with Crippen LogP contribution < -0.4 is 0 Å². The average molecular weight is 303 g/mol. The summed E-state index contributed by atoms with van der Waals surface area (Å²) >= 11 is 0. The van der Waals surface area contributed by atoms with Crippen LogP contribution in [0.5, 0.6) is 0 Å². The van der Waals surface area contributed by atoms with Gasteiger partial charge in [-0.1, -0.05) is 37.3 Å². The van der Waals surface area contributed by atoms with Crippen molar-refractivity contribution in [2.45, 2.75) is 63.8 Å². The Bertz CT molecular complexity index is 547. The molecule has 1 saturated carbocycles. The Hall–Kier alpha value is -1.39. The number of amides is 1. The summed E-state index contributed by atoms with van der Waals surface area (Å²) in [5, 5.41) is 20.9. The van der Waals surface area contributed by atoms with Crippen molar-refractivity contribution in [1.82, 2.24) is 4.90 Å². The fourth-order valence-electron chi connectivity index (χ4n) is 4.48. The zero-order valence-corrected chi connectivity index (χ0v) is 13.3. The maximum atomic E-state index is 12.3. The van der Waals surface area contributed by atoms with E-state index in [2.05, 4.69) is 0 Å². The Morgan fingerprint density at radius 3 is 2.55 bits per heavy atom. The number of hydrogen-bond acceptors (Lipinski definition) is 3. The zero-order chi connectivity index (χ0) is 15.9. The first kappa shape index (κ1) is 15.5. The maximum absolute atomic E-state index is 12.3. The van der Waals surface area contributed by atoms with E-state index in [0.29, 0.717) is 12.8 Å².